The van der Waals surface area contributed by atoms with E-state index in [1.165, 1.54) is 30.1 Å². The van der Waals surface area contributed by atoms with Crippen molar-refractivity contribution in [1.82, 2.24) is 15.1 Å². The Morgan fingerprint density at radius 3 is 2.87 bits per heavy atom. The van der Waals surface area contributed by atoms with E-state index < -0.39 is 16.8 Å². The lowest BCUT2D eigenvalue weighted by Gasteiger charge is -2.00. The number of aromatic nitrogens is 2. The van der Waals surface area contributed by atoms with Crippen molar-refractivity contribution in [3.8, 4) is 0 Å². The van der Waals surface area contributed by atoms with Crippen LogP contribution in [-0.2, 0) is 16.1 Å². The van der Waals surface area contributed by atoms with E-state index in [0.29, 0.717) is 5.76 Å². The molecule has 0 aliphatic heterocycles. The first-order chi connectivity index (χ1) is 10.9. The van der Waals surface area contributed by atoms with Crippen molar-refractivity contribution >= 4 is 33.6 Å². The van der Waals surface area contributed by atoms with E-state index in [2.05, 4.69) is 31.1 Å². The number of nitrogens with one attached hydrogen (secondary N) is 1. The molecule has 122 valence electrons. The van der Waals surface area contributed by atoms with Crippen molar-refractivity contribution < 1.29 is 23.7 Å². The fourth-order valence-corrected chi connectivity index (χ4v) is 2.11. The minimum Gasteiger partial charge on any atom is -0.468 e. The van der Waals surface area contributed by atoms with Crippen LogP contribution in [0.2, 0.25) is 0 Å². The molecule has 0 fully saturated rings. The smallest absolute Gasteiger partial charge is 0.404 e. The summed E-state index contributed by atoms with van der Waals surface area (Å²) < 4.78 is 11.3. The summed E-state index contributed by atoms with van der Waals surface area (Å²) in [6.07, 6.45) is 1.43. The third-order valence-corrected chi connectivity index (χ3v) is 3.26. The molecule has 0 saturated carbocycles. The first-order valence-corrected chi connectivity index (χ1v) is 7.01. The maximum absolute atomic E-state index is 11.7. The van der Waals surface area contributed by atoms with Crippen LogP contribution in [0.3, 0.4) is 0 Å². The largest absolute Gasteiger partial charge is 0.468 e. The fourth-order valence-electron chi connectivity index (χ4n) is 1.65. The number of amides is 1. The summed E-state index contributed by atoms with van der Waals surface area (Å²) in [5.74, 6) is -1.09. The van der Waals surface area contributed by atoms with Gasteiger partial charge in [-0.1, -0.05) is 0 Å². The predicted octanol–water partition coefficient (Wildman–Crippen LogP) is 1.10. The zero-order valence-corrected chi connectivity index (χ0v) is 13.4. The lowest BCUT2D eigenvalue weighted by atomic mass is 10.4. The molecular weight excluding hydrogens is 376 g/mol. The van der Waals surface area contributed by atoms with E-state index in [9.17, 15) is 19.7 Å². The van der Waals surface area contributed by atoms with Gasteiger partial charge in [0, 0.05) is 0 Å². The molecule has 0 aliphatic rings. The second kappa shape index (κ2) is 7.05. The molecule has 0 spiro atoms. The highest BCUT2D eigenvalue weighted by Gasteiger charge is 2.20. The molecular formula is C12H11BrN4O6. The van der Waals surface area contributed by atoms with Crippen molar-refractivity contribution in [2.75, 3.05) is 13.7 Å². The highest BCUT2D eigenvalue weighted by Crippen LogP contribution is 2.22. The Labute approximate surface area is 137 Å². The van der Waals surface area contributed by atoms with Crippen molar-refractivity contribution in [3.05, 3.63) is 44.4 Å². The molecule has 0 bridgehead atoms. The topological polar surface area (TPSA) is 130 Å². The Bertz CT molecular complexity index is 753. The summed E-state index contributed by atoms with van der Waals surface area (Å²) in [4.78, 5) is 32.8. The van der Waals surface area contributed by atoms with Gasteiger partial charge in [-0.25, -0.2) is 0 Å². The number of nitro groups is 1. The van der Waals surface area contributed by atoms with Gasteiger partial charge >= 0.3 is 11.8 Å². The van der Waals surface area contributed by atoms with Crippen LogP contribution in [0.1, 0.15) is 16.3 Å². The Kier molecular flexibility index (Phi) is 5.11. The molecule has 10 nitrogen and oxygen atoms in total. The number of carbonyl (C=O) groups is 2. The lowest BCUT2D eigenvalue weighted by molar-refractivity contribution is -0.390. The van der Waals surface area contributed by atoms with Gasteiger partial charge in [-0.05, 0) is 33.0 Å². The molecule has 0 atom stereocenters. The minimum atomic E-state index is -0.617. The molecule has 2 rings (SSSR count). The molecule has 1 N–H and O–H groups in total. The Balaban J connectivity index is 2.02. The van der Waals surface area contributed by atoms with Crippen molar-refractivity contribution in [2.45, 2.75) is 6.54 Å². The van der Waals surface area contributed by atoms with Crippen LogP contribution in [0.4, 0.5) is 5.82 Å². The number of halogens is 1. The number of furan rings is 1. The Hall–Kier alpha value is -2.69. The molecule has 2 aromatic rings. The fraction of sp³-hybridized carbons (Fsp3) is 0.250. The van der Waals surface area contributed by atoms with Crippen LogP contribution in [0.5, 0.6) is 0 Å². The summed E-state index contributed by atoms with van der Waals surface area (Å²) in [5.41, 5.74) is 0. The summed E-state index contributed by atoms with van der Waals surface area (Å²) in [7, 11) is 1.21. The first kappa shape index (κ1) is 16.7. The zero-order chi connectivity index (χ0) is 17.0. The van der Waals surface area contributed by atoms with Crippen LogP contribution in [-0.4, -0.2) is 40.2 Å². The number of nitrogens with zero attached hydrogens (tertiary/aromatic N) is 3. The van der Waals surface area contributed by atoms with E-state index in [-0.39, 0.29) is 29.1 Å². The molecule has 0 aromatic carbocycles. The van der Waals surface area contributed by atoms with Crippen molar-refractivity contribution in [2.24, 2.45) is 0 Å². The van der Waals surface area contributed by atoms with E-state index in [4.69, 9.17) is 4.42 Å². The number of ether oxygens (including phenoxy) is 1. The van der Waals surface area contributed by atoms with Gasteiger partial charge < -0.3 is 24.6 Å². The number of rotatable bonds is 6. The van der Waals surface area contributed by atoms with Crippen molar-refractivity contribution in [3.63, 3.8) is 0 Å². The number of hydrogen-bond donors (Lipinski definition) is 1. The molecule has 11 heteroatoms. The minimum absolute atomic E-state index is 0.00428. The van der Waals surface area contributed by atoms with E-state index in [0.717, 1.165) is 0 Å². The maximum Gasteiger partial charge on any atom is 0.404 e. The first-order valence-electron chi connectivity index (χ1n) is 6.21. The molecule has 0 aliphatic carbocycles. The number of methoxy groups -OCH3 is 1. The van der Waals surface area contributed by atoms with Crippen LogP contribution < -0.4 is 5.32 Å². The summed E-state index contributed by atoms with van der Waals surface area (Å²) >= 11 is 3.04. The zero-order valence-electron chi connectivity index (χ0n) is 11.8. The normalized spacial score (nSPS) is 10.3. The van der Waals surface area contributed by atoms with Gasteiger partial charge in [-0.3, -0.25) is 9.59 Å². The van der Waals surface area contributed by atoms with Gasteiger partial charge in [0.1, 0.15) is 23.3 Å². The van der Waals surface area contributed by atoms with Gasteiger partial charge in [-0.15, -0.1) is 0 Å². The Morgan fingerprint density at radius 1 is 1.52 bits per heavy atom. The monoisotopic (exact) mass is 386 g/mol. The third kappa shape index (κ3) is 4.16. The van der Waals surface area contributed by atoms with Crippen molar-refractivity contribution in [1.29, 1.82) is 0 Å². The van der Waals surface area contributed by atoms with Crippen LogP contribution in [0.25, 0.3) is 0 Å². The molecule has 0 saturated heterocycles. The number of esters is 1. The lowest BCUT2D eigenvalue weighted by Crippen LogP contribution is -2.29. The summed E-state index contributed by atoms with van der Waals surface area (Å²) in [5, 5.41) is 16.8. The van der Waals surface area contributed by atoms with Gasteiger partial charge in [-0.2, -0.15) is 4.68 Å². The second-order valence-electron chi connectivity index (χ2n) is 4.28. The van der Waals surface area contributed by atoms with Crippen LogP contribution in [0, 0.1) is 10.1 Å². The third-order valence-electron chi connectivity index (χ3n) is 2.70. The van der Waals surface area contributed by atoms with Gasteiger partial charge in [0.15, 0.2) is 5.76 Å². The maximum atomic E-state index is 11.7. The number of hydrogen-bond acceptors (Lipinski definition) is 7. The summed E-state index contributed by atoms with van der Waals surface area (Å²) in [6.45, 7) is -0.166. The van der Waals surface area contributed by atoms with Gasteiger partial charge in [0.2, 0.25) is 0 Å². The highest BCUT2D eigenvalue weighted by atomic mass is 79.9. The van der Waals surface area contributed by atoms with E-state index in [1.807, 2.05) is 0 Å². The summed E-state index contributed by atoms with van der Waals surface area (Å²) in [6, 6.07) is 2.96. The molecule has 2 aromatic heterocycles. The standard InChI is InChI=1S/C12H11BrN4O6/c1-22-10(18)4-14-12(19)9-3-2-7(23-9)5-16-6-8(13)11(15-16)17(20)21/h2-3,6H,4-5H2,1H3,(H,14,19). The van der Waals surface area contributed by atoms with E-state index >= 15 is 0 Å². The average molecular weight is 387 g/mol. The molecule has 0 unspecified atom stereocenters. The predicted molar refractivity (Wildman–Crippen MR) is 78.7 cm³/mol. The SMILES string of the molecule is COC(=O)CNC(=O)c1ccc(Cn2cc(Br)c([N+](=O)[O-])n2)o1. The molecule has 1 amide bonds. The van der Waals surface area contributed by atoms with Gasteiger partial charge in [0.05, 0.1) is 18.4 Å². The average Bonchev–Trinajstić information content (AvgIpc) is 3.11. The molecule has 2 heterocycles. The molecule has 23 heavy (non-hydrogen) atoms. The van der Waals surface area contributed by atoms with Crippen LogP contribution >= 0.6 is 15.9 Å². The number of carbonyl (C=O) groups excluding carboxylic acids is 2. The van der Waals surface area contributed by atoms with E-state index in [1.54, 1.807) is 0 Å². The van der Waals surface area contributed by atoms with Gasteiger partial charge in [0.25, 0.3) is 5.91 Å². The second-order valence-corrected chi connectivity index (χ2v) is 5.13. The quantitative estimate of drug-likeness (QED) is 0.446. The molecule has 0 radical (unpaired) electrons. The van der Waals surface area contributed by atoms with Crippen LogP contribution in [0.15, 0.2) is 27.2 Å². The Morgan fingerprint density at radius 2 is 2.26 bits per heavy atom. The highest BCUT2D eigenvalue weighted by molar-refractivity contribution is 9.10.